The first-order chi connectivity index (χ1) is 10.1. The average molecular weight is 294 g/mol. The van der Waals surface area contributed by atoms with Crippen molar-refractivity contribution in [2.24, 2.45) is 5.92 Å². The minimum absolute atomic E-state index is 0.114. The molecule has 7 nitrogen and oxygen atoms in total. The summed E-state index contributed by atoms with van der Waals surface area (Å²) in [5.74, 6) is -0.964. The topological polar surface area (TPSA) is 96.9 Å². The lowest BCUT2D eigenvalue weighted by Crippen LogP contribution is -2.44. The molecule has 1 aromatic rings. The number of hydrogen-bond acceptors (Lipinski definition) is 4. The standard InChI is InChI=1S/C14H18N2O5/c1-2-21-10-5-3-9(4-6-10)15-14(19)16-12-8-20-7-11(12)13(17)18/h3-6,11-12H,2,7-8H2,1H3,(H,17,18)(H2,15,16,19). The normalized spacial score (nSPS) is 20.8. The number of carbonyl (C=O) groups excluding carboxylic acids is 1. The van der Waals surface area contributed by atoms with E-state index in [1.54, 1.807) is 24.3 Å². The monoisotopic (exact) mass is 294 g/mol. The Morgan fingerprint density at radius 1 is 1.33 bits per heavy atom. The van der Waals surface area contributed by atoms with Gasteiger partial charge in [-0.15, -0.1) is 0 Å². The molecule has 1 aliphatic heterocycles. The number of carbonyl (C=O) groups is 2. The molecule has 7 heteroatoms. The second-order valence-corrected chi connectivity index (χ2v) is 4.64. The van der Waals surface area contributed by atoms with Gasteiger partial charge in [0.15, 0.2) is 0 Å². The highest BCUT2D eigenvalue weighted by molar-refractivity contribution is 5.90. The molecule has 3 N–H and O–H groups in total. The van der Waals surface area contributed by atoms with Crippen LogP contribution in [0.2, 0.25) is 0 Å². The number of aliphatic carboxylic acids is 1. The second kappa shape index (κ2) is 6.94. The van der Waals surface area contributed by atoms with Gasteiger partial charge in [-0.25, -0.2) is 4.79 Å². The van der Waals surface area contributed by atoms with E-state index in [9.17, 15) is 9.59 Å². The van der Waals surface area contributed by atoms with E-state index >= 15 is 0 Å². The summed E-state index contributed by atoms with van der Waals surface area (Å²) in [4.78, 5) is 22.8. The fraction of sp³-hybridized carbons (Fsp3) is 0.429. The molecule has 1 saturated heterocycles. The number of ether oxygens (including phenoxy) is 2. The van der Waals surface area contributed by atoms with E-state index < -0.39 is 24.0 Å². The first-order valence-electron chi connectivity index (χ1n) is 6.71. The van der Waals surface area contributed by atoms with Gasteiger partial charge in [-0.05, 0) is 31.2 Å². The molecule has 2 amide bonds. The molecule has 2 atom stereocenters. The van der Waals surface area contributed by atoms with Gasteiger partial charge < -0.3 is 25.2 Å². The number of urea groups is 1. The van der Waals surface area contributed by atoms with Gasteiger partial charge in [0.25, 0.3) is 0 Å². The first kappa shape index (κ1) is 15.1. The van der Waals surface area contributed by atoms with Crippen molar-refractivity contribution < 1.29 is 24.2 Å². The van der Waals surface area contributed by atoms with Crippen molar-refractivity contribution in [1.29, 1.82) is 0 Å². The lowest BCUT2D eigenvalue weighted by molar-refractivity contribution is -0.142. The summed E-state index contributed by atoms with van der Waals surface area (Å²) in [6.45, 7) is 2.78. The Bertz CT molecular complexity index is 503. The van der Waals surface area contributed by atoms with Crippen LogP contribution in [0.15, 0.2) is 24.3 Å². The predicted molar refractivity (Wildman–Crippen MR) is 75.5 cm³/mol. The molecule has 1 fully saturated rings. The smallest absolute Gasteiger partial charge is 0.319 e. The molecular weight excluding hydrogens is 276 g/mol. The Kier molecular flexibility index (Phi) is 4.99. The van der Waals surface area contributed by atoms with E-state index in [4.69, 9.17) is 14.6 Å². The molecule has 0 bridgehead atoms. The maximum absolute atomic E-state index is 11.8. The lowest BCUT2D eigenvalue weighted by atomic mass is 10.0. The minimum Gasteiger partial charge on any atom is -0.494 e. The number of amides is 2. The second-order valence-electron chi connectivity index (χ2n) is 4.64. The molecule has 0 radical (unpaired) electrons. The van der Waals surface area contributed by atoms with Gasteiger partial charge in [-0.3, -0.25) is 4.79 Å². The van der Waals surface area contributed by atoms with E-state index in [0.717, 1.165) is 5.75 Å². The third-order valence-electron chi connectivity index (χ3n) is 3.14. The molecule has 2 unspecified atom stereocenters. The van der Waals surface area contributed by atoms with Crippen LogP contribution in [0.3, 0.4) is 0 Å². The summed E-state index contributed by atoms with van der Waals surface area (Å²) < 4.78 is 10.4. The quantitative estimate of drug-likeness (QED) is 0.760. The van der Waals surface area contributed by atoms with E-state index in [0.29, 0.717) is 12.3 Å². The predicted octanol–water partition coefficient (Wildman–Crippen LogP) is 1.31. The molecule has 1 heterocycles. The maximum Gasteiger partial charge on any atom is 0.319 e. The Labute approximate surface area is 122 Å². The zero-order chi connectivity index (χ0) is 15.2. The summed E-state index contributed by atoms with van der Waals surface area (Å²) in [7, 11) is 0. The van der Waals surface area contributed by atoms with Crippen LogP contribution in [0.5, 0.6) is 5.75 Å². The molecule has 0 saturated carbocycles. The number of hydrogen-bond donors (Lipinski definition) is 3. The Morgan fingerprint density at radius 3 is 2.67 bits per heavy atom. The molecule has 0 spiro atoms. The fourth-order valence-corrected chi connectivity index (χ4v) is 2.08. The van der Waals surface area contributed by atoms with Crippen molar-refractivity contribution >= 4 is 17.7 Å². The van der Waals surface area contributed by atoms with Crippen LogP contribution in [0.4, 0.5) is 10.5 Å². The van der Waals surface area contributed by atoms with Crippen LogP contribution in [-0.4, -0.2) is 43.0 Å². The van der Waals surface area contributed by atoms with E-state index in [-0.39, 0.29) is 13.2 Å². The number of carboxylic acid groups (broad SMARTS) is 1. The summed E-state index contributed by atoms with van der Waals surface area (Å²) in [5.41, 5.74) is 0.599. The molecule has 1 aliphatic rings. The van der Waals surface area contributed by atoms with Crippen molar-refractivity contribution in [2.75, 3.05) is 25.1 Å². The first-order valence-corrected chi connectivity index (χ1v) is 6.71. The SMILES string of the molecule is CCOc1ccc(NC(=O)NC2COCC2C(=O)O)cc1. The van der Waals surface area contributed by atoms with Crippen LogP contribution in [0.25, 0.3) is 0 Å². The van der Waals surface area contributed by atoms with Gasteiger partial charge in [0.05, 0.1) is 25.9 Å². The zero-order valence-corrected chi connectivity index (χ0v) is 11.7. The largest absolute Gasteiger partial charge is 0.494 e. The highest BCUT2D eigenvalue weighted by Gasteiger charge is 2.35. The number of anilines is 1. The molecular formula is C14H18N2O5. The van der Waals surface area contributed by atoms with E-state index in [2.05, 4.69) is 10.6 Å². The number of nitrogens with one attached hydrogen (secondary N) is 2. The van der Waals surface area contributed by atoms with Crippen LogP contribution in [0.1, 0.15) is 6.92 Å². The third-order valence-corrected chi connectivity index (χ3v) is 3.14. The van der Waals surface area contributed by atoms with Crippen molar-refractivity contribution in [1.82, 2.24) is 5.32 Å². The number of benzene rings is 1. The van der Waals surface area contributed by atoms with Crippen LogP contribution >= 0.6 is 0 Å². The van der Waals surface area contributed by atoms with Gasteiger partial charge in [0.2, 0.25) is 0 Å². The average Bonchev–Trinajstić information content (AvgIpc) is 2.89. The molecule has 114 valence electrons. The van der Waals surface area contributed by atoms with Gasteiger partial charge in [0, 0.05) is 5.69 Å². The molecule has 1 aromatic carbocycles. The summed E-state index contributed by atoms with van der Waals surface area (Å²) >= 11 is 0. The number of rotatable bonds is 5. The Morgan fingerprint density at radius 2 is 2.05 bits per heavy atom. The van der Waals surface area contributed by atoms with Crippen molar-refractivity contribution in [3.05, 3.63) is 24.3 Å². The Balaban J connectivity index is 1.88. The molecule has 0 aliphatic carbocycles. The van der Waals surface area contributed by atoms with Crippen LogP contribution in [-0.2, 0) is 9.53 Å². The third kappa shape index (κ3) is 4.09. The number of carboxylic acids is 1. The fourth-order valence-electron chi connectivity index (χ4n) is 2.08. The summed E-state index contributed by atoms with van der Waals surface area (Å²) in [5, 5.41) is 14.3. The van der Waals surface area contributed by atoms with Gasteiger partial charge in [0.1, 0.15) is 11.7 Å². The lowest BCUT2D eigenvalue weighted by Gasteiger charge is -2.16. The minimum atomic E-state index is -0.973. The van der Waals surface area contributed by atoms with Gasteiger partial charge in [-0.2, -0.15) is 0 Å². The van der Waals surface area contributed by atoms with Crippen LogP contribution in [0, 0.1) is 5.92 Å². The molecule has 2 rings (SSSR count). The Hall–Kier alpha value is -2.28. The van der Waals surface area contributed by atoms with Crippen molar-refractivity contribution in [2.45, 2.75) is 13.0 Å². The summed E-state index contributed by atoms with van der Waals surface area (Å²) in [6.07, 6.45) is 0. The van der Waals surface area contributed by atoms with Gasteiger partial charge >= 0.3 is 12.0 Å². The summed E-state index contributed by atoms with van der Waals surface area (Å²) in [6, 6.07) is 5.94. The molecule has 21 heavy (non-hydrogen) atoms. The maximum atomic E-state index is 11.8. The molecule has 0 aromatic heterocycles. The van der Waals surface area contributed by atoms with Crippen LogP contribution < -0.4 is 15.4 Å². The highest BCUT2D eigenvalue weighted by atomic mass is 16.5. The van der Waals surface area contributed by atoms with Gasteiger partial charge in [-0.1, -0.05) is 0 Å². The van der Waals surface area contributed by atoms with E-state index in [1.807, 2.05) is 6.92 Å². The highest BCUT2D eigenvalue weighted by Crippen LogP contribution is 2.17. The zero-order valence-electron chi connectivity index (χ0n) is 11.7. The van der Waals surface area contributed by atoms with E-state index in [1.165, 1.54) is 0 Å². The van der Waals surface area contributed by atoms with Crippen molar-refractivity contribution in [3.63, 3.8) is 0 Å². The van der Waals surface area contributed by atoms with Crippen molar-refractivity contribution in [3.8, 4) is 5.75 Å².